The van der Waals surface area contributed by atoms with Gasteiger partial charge in [0.05, 0.1) is 18.4 Å². The van der Waals surface area contributed by atoms with Gasteiger partial charge in [-0.25, -0.2) is 12.7 Å². The maximum atomic E-state index is 11.8. The molecule has 0 aromatic heterocycles. The molecule has 0 radical (unpaired) electrons. The van der Waals surface area contributed by atoms with Crippen LogP contribution in [0.25, 0.3) is 0 Å². The summed E-state index contributed by atoms with van der Waals surface area (Å²) in [6.07, 6.45) is 1.54. The van der Waals surface area contributed by atoms with Crippen molar-refractivity contribution in [2.24, 2.45) is 5.92 Å². The molecule has 134 valence electrons. The fraction of sp³-hybridized carbons (Fsp3) is 0.909. The Morgan fingerprint density at radius 3 is 2.18 bits per heavy atom. The van der Waals surface area contributed by atoms with Crippen LogP contribution in [0.2, 0.25) is 0 Å². The number of aliphatic hydroxyl groups is 1. The first-order chi connectivity index (χ1) is 9.95. The number of aliphatic hydroxyl groups excluding tert-OH is 1. The Hall–Kier alpha value is 0.950. The first-order valence-corrected chi connectivity index (χ1v) is 16.1. The van der Waals surface area contributed by atoms with E-state index in [1.165, 1.54) is 13.3 Å². The summed E-state index contributed by atoms with van der Waals surface area (Å²) in [5, 5.41) is 12.5. The molecule has 22 heavy (non-hydrogen) atoms. The molecular weight excluding hydrogens is 558 g/mol. The van der Waals surface area contributed by atoms with Crippen molar-refractivity contribution in [3.8, 4) is 0 Å². The number of sulfonamides is 1. The van der Waals surface area contributed by atoms with Gasteiger partial charge in [-0.2, -0.15) is 0 Å². The molecule has 0 aliphatic carbocycles. The van der Waals surface area contributed by atoms with Gasteiger partial charge in [0, 0.05) is 79.6 Å². The second-order valence-electron chi connectivity index (χ2n) is 5.05. The van der Waals surface area contributed by atoms with Gasteiger partial charge >= 0.3 is 0 Å². The molecule has 7 nitrogen and oxygen atoms in total. The lowest BCUT2D eigenvalue weighted by Crippen LogP contribution is -2.48. The third-order valence-electron chi connectivity index (χ3n) is 2.89. The molecule has 1 amide bonds. The Bertz CT molecular complexity index is 461. The maximum absolute atomic E-state index is 11.8. The number of rotatable bonds is 8. The lowest BCUT2D eigenvalue weighted by molar-refractivity contribution is -0.125. The number of nitrogens with zero attached hydrogens (tertiary/aromatic N) is 1. The first-order valence-electron chi connectivity index (χ1n) is 6.29. The smallest absolute Gasteiger partial charge is 0.224 e. The monoisotopic (exact) mass is 582 g/mol. The second-order valence-corrected chi connectivity index (χ2v) is 8.62. The number of hydrogen-bond donors (Lipinski definition) is 2. The van der Waals surface area contributed by atoms with Gasteiger partial charge < -0.3 is 10.4 Å². The molecule has 0 saturated carbocycles. The highest BCUT2D eigenvalue weighted by Crippen LogP contribution is 2.03. The normalized spacial score (nSPS) is 17.0. The third-order valence-corrected chi connectivity index (χ3v) is 5.14. The number of hydrogen-bond acceptors (Lipinski definition) is 5. The maximum Gasteiger partial charge on any atom is 0.224 e. The van der Waals surface area contributed by atoms with E-state index in [0.29, 0.717) is 0 Å². The highest BCUT2D eigenvalue weighted by molar-refractivity contribution is 15.0. The van der Waals surface area contributed by atoms with Gasteiger partial charge in [0.15, 0.2) is 0 Å². The van der Waals surface area contributed by atoms with Crippen LogP contribution in [0, 0.1) is 5.92 Å². The van der Waals surface area contributed by atoms with Crippen LogP contribution >= 0.6 is 37.2 Å². The minimum absolute atomic E-state index is 0.103. The summed E-state index contributed by atoms with van der Waals surface area (Å²) in [6, 6.07) is -0.598. The van der Waals surface area contributed by atoms with Gasteiger partial charge in [-0.15, -0.1) is 0 Å². The van der Waals surface area contributed by atoms with Crippen LogP contribution in [0.5, 0.6) is 0 Å². The van der Waals surface area contributed by atoms with E-state index in [2.05, 4.69) is 42.5 Å². The van der Waals surface area contributed by atoms with Crippen LogP contribution in [-0.2, 0) is 25.6 Å². The molecule has 0 rings (SSSR count). The number of amides is 1. The van der Waals surface area contributed by atoms with Crippen molar-refractivity contribution in [2.75, 3.05) is 31.9 Å². The Labute approximate surface area is 158 Å². The molecule has 0 spiro atoms. The Kier molecular flexibility index (Phi) is 14.1. The molecule has 0 aromatic carbocycles. The highest BCUT2D eigenvalue weighted by atomic mass is 128. The standard InChI is InChI=1S/C11H24N2O5S2.I2/c1-8(7-19(4)16)11(15)12-9(2)10(14)6-13(3)20(5,17)18;1-2/h8-10,14H,6-7H2,1-5H3,(H,12,15);. The van der Waals surface area contributed by atoms with E-state index in [1.807, 2.05) is 0 Å². The summed E-state index contributed by atoms with van der Waals surface area (Å²) in [5.41, 5.74) is 0. The van der Waals surface area contributed by atoms with Crippen LogP contribution in [-0.4, -0.2) is 71.9 Å². The van der Waals surface area contributed by atoms with Gasteiger partial charge in [0.2, 0.25) is 15.9 Å². The van der Waals surface area contributed by atoms with E-state index < -0.39 is 38.9 Å². The summed E-state index contributed by atoms with van der Waals surface area (Å²) in [6.45, 7) is 3.14. The highest BCUT2D eigenvalue weighted by Gasteiger charge is 2.24. The van der Waals surface area contributed by atoms with Crippen molar-refractivity contribution in [1.82, 2.24) is 9.62 Å². The number of likely N-dealkylation sites (N-methyl/N-ethyl adjacent to an activating group) is 1. The van der Waals surface area contributed by atoms with Gasteiger partial charge in [0.25, 0.3) is 0 Å². The van der Waals surface area contributed by atoms with Gasteiger partial charge in [0.1, 0.15) is 0 Å². The molecule has 0 bridgehead atoms. The summed E-state index contributed by atoms with van der Waals surface area (Å²) in [7, 11) is -3.09. The Balaban J connectivity index is 0. The molecule has 0 aromatic rings. The zero-order chi connectivity index (χ0) is 18.1. The molecule has 0 aliphatic heterocycles. The minimum atomic E-state index is -3.37. The van der Waals surface area contributed by atoms with Crippen molar-refractivity contribution >= 4 is 64.0 Å². The number of carbonyl (C=O) groups excluding carboxylic acids is 1. The second kappa shape index (κ2) is 12.3. The first kappa shape index (κ1) is 25.2. The summed E-state index contributed by atoms with van der Waals surface area (Å²) in [4.78, 5) is 11.8. The molecule has 4 unspecified atom stereocenters. The molecule has 0 heterocycles. The van der Waals surface area contributed by atoms with Crippen LogP contribution in [0.1, 0.15) is 13.8 Å². The van der Waals surface area contributed by atoms with Gasteiger partial charge in [-0.1, -0.05) is 6.92 Å². The fourth-order valence-corrected chi connectivity index (χ4v) is 2.73. The zero-order valence-corrected chi connectivity index (χ0v) is 19.2. The van der Waals surface area contributed by atoms with E-state index in [1.54, 1.807) is 13.8 Å². The van der Waals surface area contributed by atoms with Crippen molar-refractivity contribution < 1.29 is 22.5 Å². The topological polar surface area (TPSA) is 104 Å². The number of carbonyl (C=O) groups is 1. The summed E-state index contributed by atoms with van der Waals surface area (Å²) >= 11 is 4.24. The largest absolute Gasteiger partial charge is 0.390 e. The summed E-state index contributed by atoms with van der Waals surface area (Å²) < 4.78 is 34.5. The van der Waals surface area contributed by atoms with E-state index in [-0.39, 0.29) is 18.2 Å². The molecule has 2 N–H and O–H groups in total. The average molecular weight is 582 g/mol. The van der Waals surface area contributed by atoms with Crippen LogP contribution in [0.3, 0.4) is 0 Å². The molecule has 0 aliphatic rings. The molecule has 11 heteroatoms. The van der Waals surface area contributed by atoms with Crippen molar-refractivity contribution in [3.63, 3.8) is 0 Å². The molecule has 0 saturated heterocycles. The van der Waals surface area contributed by atoms with E-state index in [4.69, 9.17) is 0 Å². The lowest BCUT2D eigenvalue weighted by Gasteiger charge is -2.25. The van der Waals surface area contributed by atoms with Crippen molar-refractivity contribution in [3.05, 3.63) is 0 Å². The lowest BCUT2D eigenvalue weighted by atomic mass is 10.1. The minimum Gasteiger partial charge on any atom is -0.390 e. The van der Waals surface area contributed by atoms with E-state index >= 15 is 0 Å². The Morgan fingerprint density at radius 1 is 1.36 bits per heavy atom. The van der Waals surface area contributed by atoms with E-state index in [9.17, 15) is 22.5 Å². The van der Waals surface area contributed by atoms with Crippen LogP contribution < -0.4 is 5.32 Å². The SMILES string of the molecule is CC(CS(C)=O)C(=O)NC(C)C(O)CN(C)S(C)(=O)=O.II. The number of nitrogens with one attached hydrogen (secondary N) is 1. The number of halogens is 2. The third kappa shape index (κ3) is 11.5. The van der Waals surface area contributed by atoms with E-state index in [0.717, 1.165) is 10.6 Å². The molecule has 4 atom stereocenters. The fourth-order valence-electron chi connectivity index (χ4n) is 1.45. The van der Waals surface area contributed by atoms with Gasteiger partial charge in [-0.3, -0.25) is 9.00 Å². The predicted molar refractivity (Wildman–Crippen MR) is 107 cm³/mol. The zero-order valence-electron chi connectivity index (χ0n) is 13.2. The Morgan fingerprint density at radius 2 is 1.82 bits per heavy atom. The van der Waals surface area contributed by atoms with Crippen molar-refractivity contribution in [2.45, 2.75) is 26.0 Å². The predicted octanol–water partition coefficient (Wildman–Crippen LogP) is 0.529. The van der Waals surface area contributed by atoms with Crippen LogP contribution in [0.15, 0.2) is 0 Å². The van der Waals surface area contributed by atoms with Crippen LogP contribution in [0.4, 0.5) is 0 Å². The van der Waals surface area contributed by atoms with Crippen molar-refractivity contribution in [1.29, 1.82) is 0 Å². The van der Waals surface area contributed by atoms with Gasteiger partial charge in [-0.05, 0) is 6.92 Å². The molecule has 0 fully saturated rings. The quantitative estimate of drug-likeness (QED) is 0.407. The molecular formula is C11H24I2N2O5S2. The average Bonchev–Trinajstić information content (AvgIpc) is 2.38. The summed E-state index contributed by atoms with van der Waals surface area (Å²) in [5.74, 6) is -0.491.